The van der Waals surface area contributed by atoms with E-state index in [1.54, 1.807) is 0 Å². The Kier molecular flexibility index (Phi) is 6.31. The monoisotopic (exact) mass is 382 g/mol. The van der Waals surface area contributed by atoms with Crippen LogP contribution in [0, 0.1) is 0 Å². The van der Waals surface area contributed by atoms with Crippen molar-refractivity contribution < 1.29 is 33.3 Å². The molecule has 142 valence electrons. The van der Waals surface area contributed by atoms with Crippen molar-refractivity contribution in [3.8, 4) is 0 Å². The van der Waals surface area contributed by atoms with Crippen LogP contribution in [0.3, 0.4) is 0 Å². The maximum atomic E-state index is 11.7. The minimum Gasteiger partial charge on any atom is -0.458 e. The van der Waals surface area contributed by atoms with Gasteiger partial charge >= 0.3 is 5.97 Å². The molecule has 0 aromatic heterocycles. The number of fused-ring (bicyclic) bond motifs is 1. The first-order valence-corrected chi connectivity index (χ1v) is 9.22. The molecule has 0 unspecified atom stereocenters. The van der Waals surface area contributed by atoms with E-state index in [0.29, 0.717) is 0 Å². The normalized spacial score (nSPS) is 34.0. The summed E-state index contributed by atoms with van der Waals surface area (Å²) in [4.78, 5) is 23.4. The molecule has 2 heterocycles. The van der Waals surface area contributed by atoms with Gasteiger partial charge in [-0.2, -0.15) is 0 Å². The average molecular weight is 382 g/mol. The fourth-order valence-electron chi connectivity index (χ4n) is 3.16. The smallest absolute Gasteiger partial charge is 0.303 e. The van der Waals surface area contributed by atoms with Gasteiger partial charge in [-0.1, -0.05) is 42.1 Å². The summed E-state index contributed by atoms with van der Waals surface area (Å²) in [7, 11) is 1.49. The number of benzene rings is 1. The molecule has 2 fully saturated rings. The van der Waals surface area contributed by atoms with E-state index in [0.717, 1.165) is 17.3 Å². The van der Waals surface area contributed by atoms with Gasteiger partial charge < -0.3 is 23.7 Å². The summed E-state index contributed by atoms with van der Waals surface area (Å²) in [6.45, 7) is 3.04. The highest BCUT2D eigenvalue weighted by Gasteiger charge is 2.52. The molecule has 7 nitrogen and oxygen atoms in total. The second kappa shape index (κ2) is 8.49. The third kappa shape index (κ3) is 4.27. The molecule has 0 bridgehead atoms. The number of hydrogen-bond donors (Lipinski definition) is 0. The Morgan fingerprint density at radius 2 is 1.88 bits per heavy atom. The van der Waals surface area contributed by atoms with E-state index in [-0.39, 0.29) is 11.7 Å². The number of hydrogen-bond acceptors (Lipinski definition) is 8. The standard InChI is InChI=1S/C18H22O7S/c1-10(19)23-15-14-13(24-18(21-3)16(15)26-11(2)20)9-22-17(25-14)12-7-5-4-6-8-12/h4-8,13-18H,9H2,1-3H3/t13-,14+,15+,16-,17+,18-/m1/s1. The van der Waals surface area contributed by atoms with Crippen molar-refractivity contribution in [2.45, 2.75) is 50.0 Å². The third-order valence-corrected chi connectivity index (χ3v) is 5.29. The molecule has 0 N–H and O–H groups in total. The lowest BCUT2D eigenvalue weighted by Gasteiger charge is -2.48. The molecule has 0 aliphatic carbocycles. The SMILES string of the molecule is CO[C@@H]1O[C@@H]2CO[C@H](c3ccccc3)O[C@@H]2[C@H](OC(C)=O)[C@H]1SC(C)=O. The average Bonchev–Trinajstić information content (AvgIpc) is 2.63. The second-order valence-corrected chi connectivity index (χ2v) is 7.46. The summed E-state index contributed by atoms with van der Waals surface area (Å²) in [5, 5.41) is -0.653. The quantitative estimate of drug-likeness (QED) is 0.732. The third-order valence-electron chi connectivity index (χ3n) is 4.19. The summed E-state index contributed by atoms with van der Waals surface area (Å²) < 4.78 is 28.7. The van der Waals surface area contributed by atoms with Crippen molar-refractivity contribution in [1.29, 1.82) is 0 Å². The maximum Gasteiger partial charge on any atom is 0.303 e. The number of carbonyl (C=O) groups is 2. The highest BCUT2D eigenvalue weighted by molar-refractivity contribution is 8.14. The van der Waals surface area contributed by atoms with Crippen molar-refractivity contribution in [2.75, 3.05) is 13.7 Å². The van der Waals surface area contributed by atoms with E-state index in [2.05, 4.69) is 0 Å². The Bertz CT molecular complexity index is 638. The van der Waals surface area contributed by atoms with Gasteiger partial charge in [0.05, 0.1) is 6.61 Å². The summed E-state index contributed by atoms with van der Waals surface area (Å²) in [6.07, 6.45) is -3.04. The van der Waals surface area contributed by atoms with Crippen molar-refractivity contribution in [2.24, 2.45) is 0 Å². The molecule has 2 aliphatic rings. The Morgan fingerprint density at radius 1 is 1.15 bits per heavy atom. The Balaban J connectivity index is 1.86. The van der Waals surface area contributed by atoms with Gasteiger partial charge in [0.2, 0.25) is 0 Å². The minimum atomic E-state index is -0.713. The lowest BCUT2D eigenvalue weighted by atomic mass is 9.99. The topological polar surface area (TPSA) is 80.3 Å². The van der Waals surface area contributed by atoms with Gasteiger partial charge in [0.1, 0.15) is 23.6 Å². The largest absolute Gasteiger partial charge is 0.458 e. The van der Waals surface area contributed by atoms with E-state index >= 15 is 0 Å². The van der Waals surface area contributed by atoms with Crippen LogP contribution >= 0.6 is 11.8 Å². The number of carbonyl (C=O) groups excluding carboxylic acids is 2. The zero-order valence-electron chi connectivity index (χ0n) is 14.8. The molecule has 0 spiro atoms. The Morgan fingerprint density at radius 3 is 2.50 bits per heavy atom. The molecule has 1 aromatic rings. The molecule has 1 aromatic carbocycles. The van der Waals surface area contributed by atoms with Gasteiger partial charge in [0.15, 0.2) is 17.7 Å². The van der Waals surface area contributed by atoms with Gasteiger partial charge in [-0.15, -0.1) is 0 Å². The van der Waals surface area contributed by atoms with Gasteiger partial charge in [-0.25, -0.2) is 0 Å². The van der Waals surface area contributed by atoms with E-state index in [9.17, 15) is 9.59 Å². The number of methoxy groups -OCH3 is 1. The lowest BCUT2D eigenvalue weighted by molar-refractivity contribution is -0.332. The van der Waals surface area contributed by atoms with Crippen LogP contribution in [-0.4, -0.2) is 54.7 Å². The fraction of sp³-hybridized carbons (Fsp3) is 0.556. The first-order chi connectivity index (χ1) is 12.5. The fourth-order valence-corrected chi connectivity index (χ4v) is 4.17. The molecule has 8 heteroatoms. The summed E-state index contributed by atoms with van der Waals surface area (Å²) in [5.41, 5.74) is 0.858. The van der Waals surface area contributed by atoms with E-state index in [4.69, 9.17) is 23.7 Å². The minimum absolute atomic E-state index is 0.122. The van der Waals surface area contributed by atoms with Crippen molar-refractivity contribution in [3.05, 3.63) is 35.9 Å². The van der Waals surface area contributed by atoms with Crippen molar-refractivity contribution in [3.63, 3.8) is 0 Å². The van der Waals surface area contributed by atoms with Gasteiger partial charge in [0, 0.05) is 26.5 Å². The second-order valence-electron chi connectivity index (χ2n) is 6.10. The van der Waals surface area contributed by atoms with Crippen LogP contribution in [0.1, 0.15) is 25.7 Å². The lowest BCUT2D eigenvalue weighted by Crippen LogP contribution is -2.62. The molecule has 26 heavy (non-hydrogen) atoms. The summed E-state index contributed by atoms with van der Waals surface area (Å²) in [6, 6.07) is 9.49. The zero-order valence-corrected chi connectivity index (χ0v) is 15.6. The number of esters is 1. The van der Waals surface area contributed by atoms with Crippen LogP contribution < -0.4 is 0 Å². The van der Waals surface area contributed by atoms with Crippen LogP contribution in [0.15, 0.2) is 30.3 Å². The van der Waals surface area contributed by atoms with Crippen LogP contribution in [0.25, 0.3) is 0 Å². The summed E-state index contributed by atoms with van der Waals surface area (Å²) >= 11 is 1.02. The van der Waals surface area contributed by atoms with Crippen molar-refractivity contribution in [1.82, 2.24) is 0 Å². The number of ether oxygens (including phenoxy) is 5. The first kappa shape index (κ1) is 19.3. The molecule has 3 rings (SSSR count). The Labute approximate surface area is 156 Å². The molecule has 0 saturated carbocycles. The maximum absolute atomic E-state index is 11.7. The van der Waals surface area contributed by atoms with Gasteiger partial charge in [0.25, 0.3) is 0 Å². The Hall–Kier alpha value is -1.45. The van der Waals surface area contributed by atoms with E-state index in [1.807, 2.05) is 30.3 Å². The predicted octanol–water partition coefficient (Wildman–Crippen LogP) is 2.05. The molecular formula is C18H22O7S. The highest BCUT2D eigenvalue weighted by atomic mass is 32.2. The molecule has 2 aliphatic heterocycles. The number of rotatable bonds is 4. The molecular weight excluding hydrogens is 360 g/mol. The molecule has 6 atom stereocenters. The van der Waals surface area contributed by atoms with Gasteiger partial charge in [-0.05, 0) is 0 Å². The zero-order chi connectivity index (χ0) is 18.7. The van der Waals surface area contributed by atoms with Crippen LogP contribution in [-0.2, 0) is 33.3 Å². The van der Waals surface area contributed by atoms with E-state index < -0.39 is 42.1 Å². The molecule has 2 saturated heterocycles. The highest BCUT2D eigenvalue weighted by Crippen LogP contribution is 2.39. The van der Waals surface area contributed by atoms with Crippen LogP contribution in [0.4, 0.5) is 0 Å². The first-order valence-electron chi connectivity index (χ1n) is 8.34. The molecule has 0 amide bonds. The van der Waals surface area contributed by atoms with E-state index in [1.165, 1.54) is 21.0 Å². The molecule has 0 radical (unpaired) electrons. The van der Waals surface area contributed by atoms with Crippen LogP contribution in [0.2, 0.25) is 0 Å². The van der Waals surface area contributed by atoms with Gasteiger partial charge in [-0.3, -0.25) is 9.59 Å². The van der Waals surface area contributed by atoms with Crippen LogP contribution in [0.5, 0.6) is 0 Å². The van der Waals surface area contributed by atoms with Crippen molar-refractivity contribution >= 4 is 22.8 Å². The number of thioether (sulfide) groups is 1. The summed E-state index contributed by atoms with van der Waals surface area (Å²) in [5.74, 6) is -0.453. The predicted molar refractivity (Wildman–Crippen MR) is 93.3 cm³/mol.